The number of hydrogen-bond acceptors (Lipinski definition) is 4. The van der Waals surface area contributed by atoms with E-state index in [1.807, 2.05) is 31.2 Å². The van der Waals surface area contributed by atoms with Gasteiger partial charge in [0, 0.05) is 20.0 Å². The van der Waals surface area contributed by atoms with Gasteiger partial charge in [-0.1, -0.05) is 42.0 Å². The van der Waals surface area contributed by atoms with Crippen LogP contribution in [0.5, 0.6) is 0 Å². The van der Waals surface area contributed by atoms with Gasteiger partial charge in [-0.2, -0.15) is 0 Å². The summed E-state index contributed by atoms with van der Waals surface area (Å²) < 4.78 is 5.07. The van der Waals surface area contributed by atoms with Crippen LogP contribution in [-0.4, -0.2) is 37.5 Å². The second-order valence-corrected chi connectivity index (χ2v) is 6.42. The third-order valence-electron chi connectivity index (χ3n) is 4.21. The Labute approximate surface area is 165 Å². The van der Waals surface area contributed by atoms with Gasteiger partial charge in [-0.25, -0.2) is 4.79 Å². The lowest BCUT2D eigenvalue weighted by Crippen LogP contribution is -2.38. The van der Waals surface area contributed by atoms with Gasteiger partial charge in [-0.15, -0.1) is 0 Å². The fourth-order valence-electron chi connectivity index (χ4n) is 2.80. The summed E-state index contributed by atoms with van der Waals surface area (Å²) in [7, 11) is 0. The Kier molecular flexibility index (Phi) is 7.75. The van der Waals surface area contributed by atoms with Gasteiger partial charge in [0.1, 0.15) is 0 Å². The number of ether oxygens (including phenoxy) is 1. The molecule has 0 radical (unpaired) electrons. The largest absolute Gasteiger partial charge is 0.462 e. The van der Waals surface area contributed by atoms with Crippen molar-refractivity contribution in [1.29, 1.82) is 0 Å². The SMILES string of the molecule is CCOC(=O)c1ccccc1N(CCNC(=O)Cc1ccc(C)cc1)C(C)=O. The molecule has 2 rings (SSSR count). The Morgan fingerprint density at radius 1 is 1.04 bits per heavy atom. The van der Waals surface area contributed by atoms with E-state index in [0.29, 0.717) is 11.3 Å². The summed E-state index contributed by atoms with van der Waals surface area (Å²) in [5.41, 5.74) is 2.87. The molecule has 0 unspecified atom stereocenters. The molecule has 0 aliphatic heterocycles. The molecule has 2 amide bonds. The number of hydrogen-bond donors (Lipinski definition) is 1. The fraction of sp³-hybridized carbons (Fsp3) is 0.318. The highest BCUT2D eigenvalue weighted by atomic mass is 16.5. The van der Waals surface area contributed by atoms with Gasteiger partial charge < -0.3 is 15.0 Å². The molecule has 6 heteroatoms. The lowest BCUT2D eigenvalue weighted by Gasteiger charge is -2.23. The number of nitrogens with one attached hydrogen (secondary N) is 1. The molecule has 2 aromatic carbocycles. The Morgan fingerprint density at radius 3 is 2.36 bits per heavy atom. The van der Waals surface area contributed by atoms with Crippen molar-refractivity contribution in [3.63, 3.8) is 0 Å². The number of anilines is 1. The van der Waals surface area contributed by atoms with Gasteiger partial charge in [0.05, 0.1) is 24.3 Å². The molecule has 148 valence electrons. The Morgan fingerprint density at radius 2 is 1.71 bits per heavy atom. The van der Waals surface area contributed by atoms with E-state index in [2.05, 4.69) is 5.32 Å². The maximum atomic E-state index is 12.2. The average Bonchev–Trinajstić information content (AvgIpc) is 2.67. The number of esters is 1. The molecule has 0 bridgehead atoms. The molecule has 0 heterocycles. The fourth-order valence-corrected chi connectivity index (χ4v) is 2.80. The normalized spacial score (nSPS) is 10.2. The molecule has 0 spiro atoms. The molecule has 0 aliphatic carbocycles. The first-order valence-corrected chi connectivity index (χ1v) is 9.29. The van der Waals surface area contributed by atoms with Crippen LogP contribution >= 0.6 is 0 Å². The Balaban J connectivity index is 2.00. The summed E-state index contributed by atoms with van der Waals surface area (Å²) in [6.07, 6.45) is 0.278. The lowest BCUT2D eigenvalue weighted by atomic mass is 10.1. The maximum Gasteiger partial charge on any atom is 0.340 e. The van der Waals surface area contributed by atoms with Crippen molar-refractivity contribution in [2.24, 2.45) is 0 Å². The Bertz CT molecular complexity index is 831. The highest BCUT2D eigenvalue weighted by Crippen LogP contribution is 2.21. The van der Waals surface area contributed by atoms with Crippen molar-refractivity contribution >= 4 is 23.5 Å². The predicted molar refractivity (Wildman–Crippen MR) is 108 cm³/mol. The minimum absolute atomic E-state index is 0.119. The molecule has 0 atom stereocenters. The van der Waals surface area contributed by atoms with E-state index < -0.39 is 5.97 Å². The molecular weight excluding hydrogens is 356 g/mol. The third-order valence-corrected chi connectivity index (χ3v) is 4.21. The number of para-hydroxylation sites is 1. The summed E-state index contributed by atoms with van der Waals surface area (Å²) in [6.45, 7) is 5.94. The van der Waals surface area contributed by atoms with E-state index in [4.69, 9.17) is 4.74 Å². The summed E-state index contributed by atoms with van der Waals surface area (Å²) in [5, 5.41) is 2.83. The molecule has 1 N–H and O–H groups in total. The van der Waals surface area contributed by atoms with Gasteiger partial charge in [0.2, 0.25) is 11.8 Å². The van der Waals surface area contributed by atoms with Gasteiger partial charge in [-0.05, 0) is 31.5 Å². The minimum Gasteiger partial charge on any atom is -0.462 e. The van der Waals surface area contributed by atoms with Crippen molar-refractivity contribution < 1.29 is 19.1 Å². The number of aryl methyl sites for hydroxylation is 1. The van der Waals surface area contributed by atoms with Gasteiger partial charge >= 0.3 is 5.97 Å². The number of nitrogens with zero attached hydrogens (tertiary/aromatic N) is 1. The molecule has 0 aliphatic rings. The standard InChI is InChI=1S/C22H26N2O4/c1-4-28-22(27)19-7-5-6-8-20(19)24(17(3)25)14-13-23-21(26)15-18-11-9-16(2)10-12-18/h5-12H,4,13-15H2,1-3H3,(H,23,26). The van der Waals surface area contributed by atoms with Crippen molar-refractivity contribution in [2.45, 2.75) is 27.2 Å². The van der Waals surface area contributed by atoms with Crippen molar-refractivity contribution in [3.05, 3.63) is 65.2 Å². The van der Waals surface area contributed by atoms with Crippen LogP contribution in [0.2, 0.25) is 0 Å². The highest BCUT2D eigenvalue weighted by molar-refractivity contribution is 6.02. The van der Waals surface area contributed by atoms with Crippen LogP contribution in [0.3, 0.4) is 0 Å². The smallest absolute Gasteiger partial charge is 0.340 e. The average molecular weight is 382 g/mol. The maximum absolute atomic E-state index is 12.2. The van der Waals surface area contributed by atoms with E-state index in [9.17, 15) is 14.4 Å². The first-order valence-electron chi connectivity index (χ1n) is 9.29. The molecule has 0 aromatic heterocycles. The van der Waals surface area contributed by atoms with Crippen LogP contribution in [0.25, 0.3) is 0 Å². The summed E-state index contributed by atoms with van der Waals surface area (Å²) in [4.78, 5) is 37.9. The third kappa shape index (κ3) is 5.94. The second-order valence-electron chi connectivity index (χ2n) is 6.42. The van der Waals surface area contributed by atoms with Crippen LogP contribution in [-0.2, 0) is 20.7 Å². The summed E-state index contributed by atoms with van der Waals surface area (Å²) in [5.74, 6) is -0.816. The topological polar surface area (TPSA) is 75.7 Å². The quantitative estimate of drug-likeness (QED) is 0.713. The van der Waals surface area contributed by atoms with Crippen LogP contribution in [0, 0.1) is 6.92 Å². The zero-order chi connectivity index (χ0) is 20.5. The van der Waals surface area contributed by atoms with Crippen molar-refractivity contribution in [3.8, 4) is 0 Å². The van der Waals surface area contributed by atoms with E-state index >= 15 is 0 Å². The highest BCUT2D eigenvalue weighted by Gasteiger charge is 2.20. The van der Waals surface area contributed by atoms with E-state index in [0.717, 1.165) is 11.1 Å². The molecule has 28 heavy (non-hydrogen) atoms. The number of carbonyl (C=O) groups excluding carboxylic acids is 3. The molecule has 0 saturated carbocycles. The Hall–Kier alpha value is -3.15. The molecule has 6 nitrogen and oxygen atoms in total. The van der Waals surface area contributed by atoms with Crippen LogP contribution in [0.15, 0.2) is 48.5 Å². The number of carbonyl (C=O) groups is 3. The van der Waals surface area contributed by atoms with Crippen LogP contribution < -0.4 is 10.2 Å². The van der Waals surface area contributed by atoms with Gasteiger partial charge in [0.15, 0.2) is 0 Å². The van der Waals surface area contributed by atoms with Crippen molar-refractivity contribution in [1.82, 2.24) is 5.32 Å². The van der Waals surface area contributed by atoms with Gasteiger partial charge in [-0.3, -0.25) is 9.59 Å². The predicted octanol–water partition coefficient (Wildman–Crippen LogP) is 2.88. The zero-order valence-electron chi connectivity index (χ0n) is 16.5. The van der Waals surface area contributed by atoms with Gasteiger partial charge in [0.25, 0.3) is 0 Å². The first kappa shape index (κ1) is 21.2. The zero-order valence-corrected chi connectivity index (χ0v) is 16.5. The molecule has 0 saturated heterocycles. The first-order chi connectivity index (χ1) is 13.4. The second kappa shape index (κ2) is 10.3. The summed E-state index contributed by atoms with van der Waals surface area (Å²) in [6, 6.07) is 14.6. The number of amides is 2. The summed E-state index contributed by atoms with van der Waals surface area (Å²) >= 11 is 0. The molecular formula is C22H26N2O4. The minimum atomic E-state index is -0.479. The van der Waals surface area contributed by atoms with E-state index in [1.54, 1.807) is 31.2 Å². The number of rotatable bonds is 8. The monoisotopic (exact) mass is 382 g/mol. The lowest BCUT2D eigenvalue weighted by molar-refractivity contribution is -0.121. The molecule has 0 fully saturated rings. The van der Waals surface area contributed by atoms with E-state index in [-0.39, 0.29) is 37.9 Å². The van der Waals surface area contributed by atoms with Crippen LogP contribution in [0.4, 0.5) is 5.69 Å². The molecule has 2 aromatic rings. The van der Waals surface area contributed by atoms with E-state index in [1.165, 1.54) is 11.8 Å². The van der Waals surface area contributed by atoms with Crippen molar-refractivity contribution in [2.75, 3.05) is 24.6 Å². The number of benzene rings is 2. The van der Waals surface area contributed by atoms with Crippen LogP contribution in [0.1, 0.15) is 35.3 Å².